The highest BCUT2D eigenvalue weighted by Gasteiger charge is 2.48. The van der Waals surface area contributed by atoms with Crippen molar-refractivity contribution in [1.82, 2.24) is 0 Å². The van der Waals surface area contributed by atoms with E-state index in [2.05, 4.69) is 15.9 Å². The number of carboxylic acid groups (broad SMARTS) is 1. The number of benzene rings is 2. The van der Waals surface area contributed by atoms with Crippen molar-refractivity contribution in [2.75, 3.05) is 7.11 Å². The summed E-state index contributed by atoms with van der Waals surface area (Å²) in [6, 6.07) is 10.2. The number of halogens is 4. The second-order valence-electron chi connectivity index (χ2n) is 5.95. The van der Waals surface area contributed by atoms with Gasteiger partial charge in [-0.15, -0.1) is 0 Å². The number of alkyl halides is 3. The third kappa shape index (κ3) is 5.32. The molecule has 0 fully saturated rings. The van der Waals surface area contributed by atoms with Crippen molar-refractivity contribution < 1.29 is 32.5 Å². The molecule has 0 amide bonds. The van der Waals surface area contributed by atoms with Crippen molar-refractivity contribution in [3.05, 3.63) is 63.1 Å². The van der Waals surface area contributed by atoms with E-state index in [1.165, 1.54) is 13.2 Å². The second-order valence-corrected chi connectivity index (χ2v) is 6.87. The summed E-state index contributed by atoms with van der Waals surface area (Å²) in [6.07, 6.45) is -5.92. The maximum atomic E-state index is 13.2. The third-order valence-electron chi connectivity index (χ3n) is 4.10. The Labute approximate surface area is 175 Å². The van der Waals surface area contributed by atoms with Crippen LogP contribution in [0.2, 0.25) is 0 Å². The van der Waals surface area contributed by atoms with E-state index in [0.717, 1.165) is 16.1 Å². The van der Waals surface area contributed by atoms with E-state index < -0.39 is 23.8 Å². The first-order valence-corrected chi connectivity index (χ1v) is 9.62. The maximum absolute atomic E-state index is 13.2. The van der Waals surface area contributed by atoms with Crippen LogP contribution in [0.3, 0.4) is 0 Å². The molecule has 0 aromatic heterocycles. The minimum atomic E-state index is -4.83. The van der Waals surface area contributed by atoms with Crippen LogP contribution in [0, 0.1) is 0 Å². The van der Waals surface area contributed by atoms with Crippen LogP contribution in [0.5, 0.6) is 11.5 Å². The Kier molecular flexibility index (Phi) is 7.35. The normalized spacial score (nSPS) is 15.3. The molecule has 8 heteroatoms. The lowest BCUT2D eigenvalue weighted by atomic mass is 9.97. The molecule has 3 rings (SSSR count). The molecule has 0 saturated carbocycles. The van der Waals surface area contributed by atoms with Gasteiger partial charge in [0.25, 0.3) is 0 Å². The summed E-state index contributed by atoms with van der Waals surface area (Å²) in [5, 5.41) is 9.06. The molecule has 4 nitrogen and oxygen atoms in total. The van der Waals surface area contributed by atoms with Gasteiger partial charge in [0.05, 0.1) is 12.7 Å². The van der Waals surface area contributed by atoms with Crippen molar-refractivity contribution in [3.8, 4) is 11.5 Å². The van der Waals surface area contributed by atoms with E-state index in [-0.39, 0.29) is 11.3 Å². The fourth-order valence-corrected chi connectivity index (χ4v) is 3.27. The second kappa shape index (κ2) is 9.35. The van der Waals surface area contributed by atoms with E-state index in [9.17, 15) is 18.0 Å². The Bertz CT molecular complexity index is 923. The quantitative estimate of drug-likeness (QED) is 0.604. The number of hydrogen-bond donors (Lipinski definition) is 1. The number of methoxy groups -OCH3 is 1. The lowest BCUT2D eigenvalue weighted by molar-refractivity contribution is -0.187. The molecule has 0 saturated heterocycles. The minimum Gasteiger partial charge on any atom is -0.496 e. The molecule has 2 aromatic rings. The molecule has 1 aliphatic heterocycles. The van der Waals surface area contributed by atoms with E-state index in [4.69, 9.17) is 14.6 Å². The van der Waals surface area contributed by atoms with E-state index in [1.807, 2.05) is 26.0 Å². The van der Waals surface area contributed by atoms with Crippen LogP contribution < -0.4 is 9.47 Å². The summed E-state index contributed by atoms with van der Waals surface area (Å²) in [6.45, 7) is 4.00. The SMILES string of the molecule is CC.COc1ccc(Br)cc1Cc1ccc2c(c1)OC(C(F)(F)F)C(C(=O)O)=C2. The predicted molar refractivity (Wildman–Crippen MR) is 107 cm³/mol. The molecule has 1 unspecified atom stereocenters. The van der Waals surface area contributed by atoms with Gasteiger partial charge in [0.15, 0.2) is 0 Å². The van der Waals surface area contributed by atoms with E-state index in [0.29, 0.717) is 17.7 Å². The molecular formula is C21H20BrF3O4. The molecule has 1 atom stereocenters. The molecule has 0 radical (unpaired) electrons. The topological polar surface area (TPSA) is 55.8 Å². The summed E-state index contributed by atoms with van der Waals surface area (Å²) >= 11 is 3.38. The lowest BCUT2D eigenvalue weighted by Crippen LogP contribution is -2.40. The summed E-state index contributed by atoms with van der Waals surface area (Å²) in [7, 11) is 1.54. The number of aliphatic carboxylic acids is 1. The van der Waals surface area contributed by atoms with Crippen LogP contribution in [-0.4, -0.2) is 30.5 Å². The molecule has 0 spiro atoms. The van der Waals surface area contributed by atoms with Gasteiger partial charge in [-0.1, -0.05) is 41.9 Å². The largest absolute Gasteiger partial charge is 0.496 e. The third-order valence-corrected chi connectivity index (χ3v) is 4.59. The molecule has 1 aliphatic rings. The smallest absolute Gasteiger partial charge is 0.430 e. The van der Waals surface area contributed by atoms with Gasteiger partial charge < -0.3 is 14.6 Å². The molecule has 0 aliphatic carbocycles. The van der Waals surface area contributed by atoms with Gasteiger partial charge in [-0.25, -0.2) is 4.79 Å². The van der Waals surface area contributed by atoms with Crippen molar-refractivity contribution >= 4 is 28.0 Å². The number of carbonyl (C=O) groups is 1. The average Bonchev–Trinajstić information content (AvgIpc) is 2.68. The molecular weight excluding hydrogens is 453 g/mol. The highest BCUT2D eigenvalue weighted by molar-refractivity contribution is 9.10. The average molecular weight is 473 g/mol. The zero-order valence-corrected chi connectivity index (χ0v) is 17.6. The fourth-order valence-electron chi connectivity index (χ4n) is 2.87. The van der Waals surface area contributed by atoms with E-state index >= 15 is 0 Å². The molecule has 1 N–H and O–H groups in total. The molecule has 2 aromatic carbocycles. The maximum Gasteiger partial charge on any atom is 0.430 e. The summed E-state index contributed by atoms with van der Waals surface area (Å²) in [5.41, 5.74) is 1.00. The van der Waals surface area contributed by atoms with Crippen LogP contribution in [0.15, 0.2) is 46.4 Å². The van der Waals surface area contributed by atoms with E-state index in [1.54, 1.807) is 18.2 Å². The monoisotopic (exact) mass is 472 g/mol. The standard InChI is InChI=1S/C19H14BrF3O4.C2H6/c1-26-15-5-4-13(20)8-12(15)6-10-2-3-11-9-14(18(24)25)17(19(21,22)23)27-16(11)7-10;1-2/h2-5,7-9,17H,6H2,1H3,(H,24,25);1-2H3. The van der Waals surface area contributed by atoms with Crippen LogP contribution in [0.4, 0.5) is 13.2 Å². The number of hydrogen-bond acceptors (Lipinski definition) is 3. The van der Waals surface area contributed by atoms with Crippen molar-refractivity contribution in [3.63, 3.8) is 0 Å². The van der Waals surface area contributed by atoms with Gasteiger partial charge in [-0.05, 0) is 41.5 Å². The molecule has 156 valence electrons. The summed E-state index contributed by atoms with van der Waals surface area (Å²) < 4.78 is 50.7. The summed E-state index contributed by atoms with van der Waals surface area (Å²) in [4.78, 5) is 11.2. The van der Waals surface area contributed by atoms with Crippen LogP contribution >= 0.6 is 15.9 Å². The van der Waals surface area contributed by atoms with Crippen molar-refractivity contribution in [1.29, 1.82) is 0 Å². The number of fused-ring (bicyclic) bond motifs is 1. The first kappa shape index (κ1) is 22.8. The Balaban J connectivity index is 0.00000145. The lowest BCUT2D eigenvalue weighted by Gasteiger charge is -2.27. The number of carboxylic acids is 1. The number of rotatable bonds is 4. The van der Waals surface area contributed by atoms with Gasteiger partial charge in [0, 0.05) is 16.5 Å². The zero-order valence-electron chi connectivity index (χ0n) is 16.0. The predicted octanol–water partition coefficient (Wildman–Crippen LogP) is 5.87. The molecule has 1 heterocycles. The van der Waals surface area contributed by atoms with Gasteiger partial charge in [-0.3, -0.25) is 0 Å². The van der Waals surface area contributed by atoms with Crippen molar-refractivity contribution in [2.45, 2.75) is 32.5 Å². The summed E-state index contributed by atoms with van der Waals surface area (Å²) in [5.74, 6) is -1.02. The highest BCUT2D eigenvalue weighted by Crippen LogP contribution is 2.38. The van der Waals surface area contributed by atoms with Crippen LogP contribution in [0.1, 0.15) is 30.5 Å². The Morgan fingerprint density at radius 2 is 1.90 bits per heavy atom. The van der Waals surface area contributed by atoms with Crippen LogP contribution in [0.25, 0.3) is 6.08 Å². The zero-order chi connectivity index (χ0) is 21.8. The van der Waals surface area contributed by atoms with Gasteiger partial charge in [0.2, 0.25) is 6.10 Å². The molecule has 0 bridgehead atoms. The highest BCUT2D eigenvalue weighted by atomic mass is 79.9. The van der Waals surface area contributed by atoms with Gasteiger partial charge >= 0.3 is 12.1 Å². The number of ether oxygens (including phenoxy) is 2. The fraction of sp³-hybridized carbons (Fsp3) is 0.286. The minimum absolute atomic E-state index is 0.00575. The Hall–Kier alpha value is -2.48. The Morgan fingerprint density at radius 3 is 2.48 bits per heavy atom. The van der Waals surface area contributed by atoms with Crippen LogP contribution in [-0.2, 0) is 11.2 Å². The Morgan fingerprint density at radius 1 is 1.21 bits per heavy atom. The molecule has 29 heavy (non-hydrogen) atoms. The first-order chi connectivity index (χ1) is 13.7. The first-order valence-electron chi connectivity index (χ1n) is 8.82. The van der Waals surface area contributed by atoms with Crippen molar-refractivity contribution in [2.24, 2.45) is 0 Å². The van der Waals surface area contributed by atoms with Gasteiger partial charge in [0.1, 0.15) is 11.5 Å². The van der Waals surface area contributed by atoms with Gasteiger partial charge in [-0.2, -0.15) is 13.2 Å².